The van der Waals surface area contributed by atoms with Crippen molar-refractivity contribution in [2.75, 3.05) is 0 Å². The van der Waals surface area contributed by atoms with E-state index in [0.29, 0.717) is 11.3 Å². The highest BCUT2D eigenvalue weighted by Gasteiger charge is 2.35. The smallest absolute Gasteiger partial charge is 0.293 e. The minimum atomic E-state index is -4.49. The second-order valence-electron chi connectivity index (χ2n) is 3.61. The summed E-state index contributed by atoms with van der Waals surface area (Å²) in [5, 5.41) is -0.987. The second kappa shape index (κ2) is 4.89. The van der Waals surface area contributed by atoms with Crippen LogP contribution >= 0.6 is 11.3 Å². The topological polar surface area (TPSA) is 30.0 Å². The summed E-state index contributed by atoms with van der Waals surface area (Å²) in [4.78, 5) is 15.0. The maximum atomic E-state index is 12.3. The summed E-state index contributed by atoms with van der Waals surface area (Å²) in [6.07, 6.45) is -3.42. The average Bonchev–Trinajstić information content (AvgIpc) is 2.79. The van der Waals surface area contributed by atoms with Crippen molar-refractivity contribution in [2.45, 2.75) is 12.6 Å². The molecule has 0 N–H and O–H groups in total. The minimum Gasteiger partial charge on any atom is -0.293 e. The summed E-state index contributed by atoms with van der Waals surface area (Å²) in [5.41, 5.74) is 0.768. The van der Waals surface area contributed by atoms with E-state index in [1.807, 2.05) is 6.07 Å². The standard InChI is InChI=1S/C12H8F3NOS/c13-12(14,15)11-16-7-10(18-11)9(17)6-8-4-2-1-3-5-8/h1-5,7H,6H2. The summed E-state index contributed by atoms with van der Waals surface area (Å²) < 4.78 is 37.0. The van der Waals surface area contributed by atoms with Crippen LogP contribution in [0.25, 0.3) is 0 Å². The van der Waals surface area contributed by atoms with Crippen LogP contribution in [-0.2, 0) is 12.6 Å². The minimum absolute atomic E-state index is 0.0335. The maximum Gasteiger partial charge on any atom is 0.443 e. The van der Waals surface area contributed by atoms with Gasteiger partial charge in [-0.2, -0.15) is 13.2 Å². The predicted octanol–water partition coefficient (Wildman–Crippen LogP) is 3.59. The van der Waals surface area contributed by atoms with Crippen LogP contribution in [-0.4, -0.2) is 10.8 Å². The molecule has 0 spiro atoms. The van der Waals surface area contributed by atoms with Crippen molar-refractivity contribution in [1.82, 2.24) is 4.98 Å². The number of carbonyl (C=O) groups excluding carboxylic acids is 1. The first-order valence-corrected chi connectivity index (χ1v) is 5.88. The molecule has 0 bridgehead atoms. The lowest BCUT2D eigenvalue weighted by Gasteiger charge is -1.99. The van der Waals surface area contributed by atoms with Crippen molar-refractivity contribution in [3.63, 3.8) is 0 Å². The number of Topliss-reactive ketones (excluding diaryl/α,β-unsaturated/α-hetero) is 1. The number of aromatic nitrogens is 1. The summed E-state index contributed by atoms with van der Waals surface area (Å²) in [5.74, 6) is -0.353. The van der Waals surface area contributed by atoms with E-state index in [0.717, 1.165) is 11.8 Å². The Morgan fingerprint density at radius 2 is 1.89 bits per heavy atom. The van der Waals surface area contributed by atoms with E-state index in [4.69, 9.17) is 0 Å². The van der Waals surface area contributed by atoms with E-state index in [9.17, 15) is 18.0 Å². The van der Waals surface area contributed by atoms with Gasteiger partial charge in [0.05, 0.1) is 4.88 Å². The molecule has 1 aromatic heterocycles. The number of hydrogen-bond acceptors (Lipinski definition) is 3. The van der Waals surface area contributed by atoms with Crippen molar-refractivity contribution in [1.29, 1.82) is 0 Å². The van der Waals surface area contributed by atoms with Crippen LogP contribution in [0.2, 0.25) is 0 Å². The molecule has 0 fully saturated rings. The summed E-state index contributed by atoms with van der Waals surface area (Å²) in [7, 11) is 0. The third kappa shape index (κ3) is 2.95. The second-order valence-corrected chi connectivity index (χ2v) is 4.64. The summed E-state index contributed by atoms with van der Waals surface area (Å²) in [6, 6.07) is 8.86. The van der Waals surface area contributed by atoms with E-state index < -0.39 is 11.2 Å². The van der Waals surface area contributed by atoms with Gasteiger partial charge in [-0.1, -0.05) is 30.3 Å². The molecule has 2 rings (SSSR count). The van der Waals surface area contributed by atoms with Crippen LogP contribution in [0.5, 0.6) is 0 Å². The number of carbonyl (C=O) groups is 1. The number of ketones is 1. The summed E-state index contributed by atoms with van der Waals surface area (Å²) >= 11 is 0.382. The zero-order valence-corrected chi connectivity index (χ0v) is 9.89. The fraction of sp³-hybridized carbons (Fsp3) is 0.167. The highest BCUT2D eigenvalue weighted by molar-refractivity contribution is 7.13. The highest BCUT2D eigenvalue weighted by atomic mass is 32.1. The maximum absolute atomic E-state index is 12.3. The molecule has 0 aliphatic rings. The Hall–Kier alpha value is -1.69. The zero-order chi connectivity index (χ0) is 13.2. The molecule has 18 heavy (non-hydrogen) atoms. The van der Waals surface area contributed by atoms with Crippen molar-refractivity contribution < 1.29 is 18.0 Å². The lowest BCUT2D eigenvalue weighted by atomic mass is 10.1. The molecule has 1 aromatic carbocycles. The first-order valence-electron chi connectivity index (χ1n) is 5.07. The van der Waals surface area contributed by atoms with Gasteiger partial charge < -0.3 is 0 Å². The molecule has 0 atom stereocenters. The predicted molar refractivity (Wildman–Crippen MR) is 61.6 cm³/mol. The molecule has 94 valence electrons. The van der Waals surface area contributed by atoms with Crippen molar-refractivity contribution >= 4 is 17.1 Å². The largest absolute Gasteiger partial charge is 0.443 e. The molecule has 2 aromatic rings. The van der Waals surface area contributed by atoms with Crippen LogP contribution in [0.3, 0.4) is 0 Å². The molecular weight excluding hydrogens is 263 g/mol. The van der Waals surface area contributed by atoms with Crippen molar-refractivity contribution in [3.8, 4) is 0 Å². The molecule has 2 nitrogen and oxygen atoms in total. The summed E-state index contributed by atoms with van der Waals surface area (Å²) in [6.45, 7) is 0. The van der Waals surface area contributed by atoms with Gasteiger partial charge in [0.2, 0.25) is 0 Å². The molecule has 6 heteroatoms. The molecular formula is C12H8F3NOS. The third-order valence-corrected chi connectivity index (χ3v) is 3.31. The number of nitrogens with zero attached hydrogens (tertiary/aromatic N) is 1. The Morgan fingerprint density at radius 3 is 2.44 bits per heavy atom. The highest BCUT2D eigenvalue weighted by Crippen LogP contribution is 2.32. The van der Waals surface area contributed by atoms with Gasteiger partial charge >= 0.3 is 6.18 Å². The normalized spacial score (nSPS) is 11.5. The quantitative estimate of drug-likeness (QED) is 0.798. The Balaban J connectivity index is 2.13. The van der Waals surface area contributed by atoms with E-state index in [1.54, 1.807) is 24.3 Å². The Labute approximate surface area is 105 Å². The first kappa shape index (κ1) is 12.8. The number of rotatable bonds is 3. The van der Waals surface area contributed by atoms with Gasteiger partial charge in [-0.05, 0) is 5.56 Å². The van der Waals surface area contributed by atoms with E-state index in [2.05, 4.69) is 4.98 Å². The fourth-order valence-corrected chi connectivity index (χ4v) is 2.12. The average molecular weight is 271 g/mol. The van der Waals surface area contributed by atoms with Crippen LogP contribution in [0, 0.1) is 0 Å². The molecule has 0 saturated heterocycles. The van der Waals surface area contributed by atoms with Gasteiger partial charge in [-0.25, -0.2) is 4.98 Å². The molecule has 1 heterocycles. The molecule has 0 unspecified atom stereocenters. The van der Waals surface area contributed by atoms with E-state index in [-0.39, 0.29) is 17.1 Å². The number of hydrogen-bond donors (Lipinski definition) is 0. The first-order chi connectivity index (χ1) is 8.47. The Bertz CT molecular complexity index is 548. The molecule has 0 aliphatic carbocycles. The van der Waals surface area contributed by atoms with Crippen molar-refractivity contribution in [2.24, 2.45) is 0 Å². The Morgan fingerprint density at radius 1 is 1.22 bits per heavy atom. The van der Waals surface area contributed by atoms with Crippen molar-refractivity contribution in [3.05, 3.63) is 52.0 Å². The fourth-order valence-electron chi connectivity index (χ4n) is 1.40. The van der Waals surface area contributed by atoms with Gasteiger partial charge in [-0.15, -0.1) is 11.3 Å². The number of alkyl halides is 3. The van der Waals surface area contributed by atoms with Gasteiger partial charge in [0.1, 0.15) is 0 Å². The Kier molecular flexibility index (Phi) is 3.47. The zero-order valence-electron chi connectivity index (χ0n) is 9.07. The lowest BCUT2D eigenvalue weighted by molar-refractivity contribution is -0.137. The number of benzene rings is 1. The SMILES string of the molecule is O=C(Cc1ccccc1)c1cnc(C(F)(F)F)s1. The molecule has 0 radical (unpaired) electrons. The number of thiazole rings is 1. The van der Waals surface area contributed by atoms with Gasteiger partial charge in [0, 0.05) is 12.6 Å². The lowest BCUT2D eigenvalue weighted by Crippen LogP contribution is -2.03. The number of halogens is 3. The van der Waals surface area contributed by atoms with E-state index in [1.165, 1.54) is 0 Å². The van der Waals surface area contributed by atoms with Crippen LogP contribution in [0.1, 0.15) is 20.2 Å². The third-order valence-electron chi connectivity index (χ3n) is 2.23. The van der Waals surface area contributed by atoms with Gasteiger partial charge in [-0.3, -0.25) is 4.79 Å². The van der Waals surface area contributed by atoms with Gasteiger partial charge in [0.15, 0.2) is 10.8 Å². The molecule has 0 saturated carbocycles. The molecule has 0 amide bonds. The van der Waals surface area contributed by atoms with Crippen LogP contribution in [0.4, 0.5) is 13.2 Å². The van der Waals surface area contributed by atoms with Crippen LogP contribution in [0.15, 0.2) is 36.5 Å². The van der Waals surface area contributed by atoms with Crippen LogP contribution < -0.4 is 0 Å². The van der Waals surface area contributed by atoms with E-state index >= 15 is 0 Å². The molecule has 0 aliphatic heterocycles. The monoisotopic (exact) mass is 271 g/mol. The van der Waals surface area contributed by atoms with Gasteiger partial charge in [0.25, 0.3) is 0 Å².